The summed E-state index contributed by atoms with van der Waals surface area (Å²) in [6, 6.07) is 7.97. The van der Waals surface area contributed by atoms with E-state index in [1.54, 1.807) is 7.11 Å². The molecular formula is C13H17N3O2. The first-order chi connectivity index (χ1) is 8.81. The van der Waals surface area contributed by atoms with Gasteiger partial charge in [-0.3, -0.25) is 0 Å². The third-order valence-electron chi connectivity index (χ3n) is 2.63. The van der Waals surface area contributed by atoms with Crippen LogP contribution in [0.3, 0.4) is 0 Å². The summed E-state index contributed by atoms with van der Waals surface area (Å²) in [5.74, 6) is 2.13. The SMILES string of the molecule is COc1cccc(CCc2nnc(CCN)o2)c1. The zero-order valence-corrected chi connectivity index (χ0v) is 10.4. The highest BCUT2D eigenvalue weighted by molar-refractivity contribution is 5.28. The Labute approximate surface area is 106 Å². The van der Waals surface area contributed by atoms with Gasteiger partial charge in [-0.2, -0.15) is 0 Å². The standard InChI is InChI=1S/C13H17N3O2/c1-17-11-4-2-3-10(9-11)5-6-12-15-16-13(18-12)7-8-14/h2-4,9H,5-8,14H2,1H3. The second-order valence-corrected chi connectivity index (χ2v) is 3.98. The monoisotopic (exact) mass is 247 g/mol. The van der Waals surface area contributed by atoms with Crippen LogP contribution in [0.1, 0.15) is 17.3 Å². The van der Waals surface area contributed by atoms with E-state index in [0.717, 1.165) is 18.6 Å². The van der Waals surface area contributed by atoms with Gasteiger partial charge >= 0.3 is 0 Å². The summed E-state index contributed by atoms with van der Waals surface area (Å²) in [4.78, 5) is 0. The van der Waals surface area contributed by atoms with Crippen molar-refractivity contribution in [1.82, 2.24) is 10.2 Å². The minimum Gasteiger partial charge on any atom is -0.497 e. The van der Waals surface area contributed by atoms with Crippen molar-refractivity contribution >= 4 is 0 Å². The fourth-order valence-corrected chi connectivity index (χ4v) is 1.69. The average molecular weight is 247 g/mol. The van der Waals surface area contributed by atoms with E-state index in [1.165, 1.54) is 5.56 Å². The zero-order valence-electron chi connectivity index (χ0n) is 10.4. The maximum absolute atomic E-state index is 5.47. The molecule has 96 valence electrons. The Morgan fingerprint density at radius 3 is 2.67 bits per heavy atom. The molecule has 2 rings (SSSR count). The number of nitrogens with two attached hydrogens (primary N) is 1. The van der Waals surface area contributed by atoms with E-state index in [2.05, 4.69) is 16.3 Å². The number of ether oxygens (including phenoxy) is 1. The molecule has 0 radical (unpaired) electrons. The lowest BCUT2D eigenvalue weighted by molar-refractivity contribution is 0.414. The summed E-state index contributed by atoms with van der Waals surface area (Å²) in [6.45, 7) is 0.525. The van der Waals surface area contributed by atoms with Crippen LogP contribution in [0.5, 0.6) is 5.75 Å². The maximum atomic E-state index is 5.47. The second kappa shape index (κ2) is 6.16. The first kappa shape index (κ1) is 12.6. The van der Waals surface area contributed by atoms with E-state index in [0.29, 0.717) is 24.7 Å². The summed E-state index contributed by atoms with van der Waals surface area (Å²) in [5.41, 5.74) is 6.61. The Bertz CT molecular complexity index is 496. The van der Waals surface area contributed by atoms with Gasteiger partial charge in [-0.1, -0.05) is 12.1 Å². The number of rotatable bonds is 6. The second-order valence-electron chi connectivity index (χ2n) is 3.98. The molecule has 0 saturated heterocycles. The lowest BCUT2D eigenvalue weighted by Crippen LogP contribution is -2.02. The van der Waals surface area contributed by atoms with E-state index in [-0.39, 0.29) is 0 Å². The summed E-state index contributed by atoms with van der Waals surface area (Å²) in [7, 11) is 1.66. The first-order valence-electron chi connectivity index (χ1n) is 5.96. The van der Waals surface area contributed by atoms with Crippen LogP contribution in [0.2, 0.25) is 0 Å². The van der Waals surface area contributed by atoms with Crippen LogP contribution in [-0.4, -0.2) is 23.9 Å². The predicted molar refractivity (Wildman–Crippen MR) is 67.5 cm³/mol. The van der Waals surface area contributed by atoms with Crippen molar-refractivity contribution in [3.63, 3.8) is 0 Å². The zero-order chi connectivity index (χ0) is 12.8. The average Bonchev–Trinajstić information content (AvgIpc) is 2.85. The number of aryl methyl sites for hydroxylation is 2. The Hall–Kier alpha value is -1.88. The van der Waals surface area contributed by atoms with Gasteiger partial charge in [-0.25, -0.2) is 0 Å². The molecule has 0 aliphatic rings. The number of benzene rings is 1. The molecule has 0 unspecified atom stereocenters. The van der Waals surface area contributed by atoms with Crippen LogP contribution in [-0.2, 0) is 19.3 Å². The number of hydrogen-bond acceptors (Lipinski definition) is 5. The highest BCUT2D eigenvalue weighted by atomic mass is 16.5. The molecule has 2 aromatic rings. The van der Waals surface area contributed by atoms with Crippen LogP contribution >= 0.6 is 0 Å². The Morgan fingerprint density at radius 2 is 1.94 bits per heavy atom. The van der Waals surface area contributed by atoms with E-state index >= 15 is 0 Å². The highest BCUT2D eigenvalue weighted by Crippen LogP contribution is 2.14. The number of methoxy groups -OCH3 is 1. The normalized spacial score (nSPS) is 10.6. The lowest BCUT2D eigenvalue weighted by Gasteiger charge is -2.02. The largest absolute Gasteiger partial charge is 0.497 e. The van der Waals surface area contributed by atoms with Gasteiger partial charge in [-0.05, 0) is 24.1 Å². The van der Waals surface area contributed by atoms with Gasteiger partial charge in [0.2, 0.25) is 11.8 Å². The number of nitrogens with zero attached hydrogens (tertiary/aromatic N) is 2. The van der Waals surface area contributed by atoms with Crippen molar-refractivity contribution in [2.24, 2.45) is 5.73 Å². The molecule has 0 aliphatic carbocycles. The summed E-state index contributed by atoms with van der Waals surface area (Å²) < 4.78 is 10.6. The fourth-order valence-electron chi connectivity index (χ4n) is 1.69. The van der Waals surface area contributed by atoms with Crippen molar-refractivity contribution in [2.45, 2.75) is 19.3 Å². The van der Waals surface area contributed by atoms with Crippen LogP contribution in [0, 0.1) is 0 Å². The number of hydrogen-bond donors (Lipinski definition) is 1. The quantitative estimate of drug-likeness (QED) is 0.834. The van der Waals surface area contributed by atoms with Gasteiger partial charge in [-0.15, -0.1) is 10.2 Å². The van der Waals surface area contributed by atoms with E-state index in [9.17, 15) is 0 Å². The van der Waals surface area contributed by atoms with Gasteiger partial charge in [0.25, 0.3) is 0 Å². The topological polar surface area (TPSA) is 74.2 Å². The summed E-state index contributed by atoms with van der Waals surface area (Å²) >= 11 is 0. The van der Waals surface area contributed by atoms with E-state index in [4.69, 9.17) is 14.9 Å². The minimum absolute atomic E-state index is 0.525. The molecule has 1 heterocycles. The Kier molecular flexibility index (Phi) is 4.30. The van der Waals surface area contributed by atoms with Gasteiger partial charge in [0.05, 0.1) is 7.11 Å². The van der Waals surface area contributed by atoms with Crippen molar-refractivity contribution < 1.29 is 9.15 Å². The van der Waals surface area contributed by atoms with Crippen LogP contribution in [0.15, 0.2) is 28.7 Å². The molecule has 1 aromatic carbocycles. The fraction of sp³-hybridized carbons (Fsp3) is 0.385. The smallest absolute Gasteiger partial charge is 0.217 e. The predicted octanol–water partition coefficient (Wildman–Crippen LogP) is 1.36. The molecule has 0 saturated carbocycles. The van der Waals surface area contributed by atoms with E-state index < -0.39 is 0 Å². The Morgan fingerprint density at radius 1 is 1.17 bits per heavy atom. The third-order valence-corrected chi connectivity index (χ3v) is 2.63. The molecule has 1 aromatic heterocycles. The van der Waals surface area contributed by atoms with Crippen LogP contribution in [0.25, 0.3) is 0 Å². The summed E-state index contributed by atoms with van der Waals surface area (Å²) in [5, 5.41) is 7.92. The van der Waals surface area contributed by atoms with Crippen LogP contribution < -0.4 is 10.5 Å². The van der Waals surface area contributed by atoms with Crippen molar-refractivity contribution in [3.05, 3.63) is 41.6 Å². The molecule has 0 fully saturated rings. The molecule has 5 nitrogen and oxygen atoms in total. The van der Waals surface area contributed by atoms with Crippen molar-refractivity contribution in [3.8, 4) is 5.75 Å². The molecule has 0 atom stereocenters. The molecule has 2 N–H and O–H groups in total. The van der Waals surface area contributed by atoms with Crippen molar-refractivity contribution in [1.29, 1.82) is 0 Å². The molecule has 0 bridgehead atoms. The van der Waals surface area contributed by atoms with Crippen LogP contribution in [0.4, 0.5) is 0 Å². The summed E-state index contributed by atoms with van der Waals surface area (Å²) in [6.07, 6.45) is 2.21. The van der Waals surface area contributed by atoms with Gasteiger partial charge in [0.1, 0.15) is 5.75 Å². The lowest BCUT2D eigenvalue weighted by atomic mass is 10.1. The van der Waals surface area contributed by atoms with Gasteiger partial charge in [0, 0.05) is 19.4 Å². The van der Waals surface area contributed by atoms with Gasteiger partial charge < -0.3 is 14.9 Å². The molecule has 0 aliphatic heterocycles. The van der Waals surface area contributed by atoms with Crippen molar-refractivity contribution in [2.75, 3.05) is 13.7 Å². The molecule has 18 heavy (non-hydrogen) atoms. The molecule has 0 spiro atoms. The Balaban J connectivity index is 1.93. The molecular weight excluding hydrogens is 230 g/mol. The first-order valence-corrected chi connectivity index (χ1v) is 5.96. The highest BCUT2D eigenvalue weighted by Gasteiger charge is 2.05. The maximum Gasteiger partial charge on any atom is 0.217 e. The molecule has 0 amide bonds. The molecule has 5 heteroatoms. The van der Waals surface area contributed by atoms with E-state index in [1.807, 2.05) is 18.2 Å². The number of aromatic nitrogens is 2. The third kappa shape index (κ3) is 3.30. The van der Waals surface area contributed by atoms with Gasteiger partial charge in [0.15, 0.2) is 0 Å². The minimum atomic E-state index is 0.525.